The fraction of sp³-hybridized carbons (Fsp3) is 0.541. The topological polar surface area (TPSA) is 131 Å². The van der Waals surface area contributed by atoms with Gasteiger partial charge in [0.05, 0.1) is 0 Å². The van der Waals surface area contributed by atoms with E-state index in [1.165, 1.54) is 30.7 Å². The van der Waals surface area contributed by atoms with Gasteiger partial charge < -0.3 is 15.0 Å². The minimum absolute atomic E-state index is 0.00654. The van der Waals surface area contributed by atoms with Crippen LogP contribution in [0.5, 0.6) is 0 Å². The second-order valence-electron chi connectivity index (χ2n) is 13.3. The molecule has 260 valence electrons. The Morgan fingerprint density at radius 1 is 0.958 bits per heavy atom. The highest BCUT2D eigenvalue weighted by molar-refractivity contribution is 7.09. The van der Waals surface area contributed by atoms with Crippen LogP contribution in [0.1, 0.15) is 112 Å². The summed E-state index contributed by atoms with van der Waals surface area (Å²) in [5.74, 6) is -1.38. The number of ketones is 1. The van der Waals surface area contributed by atoms with E-state index in [2.05, 4.69) is 46.2 Å². The number of ether oxygens (including phenoxy) is 1. The van der Waals surface area contributed by atoms with Gasteiger partial charge in [0.2, 0.25) is 11.7 Å². The van der Waals surface area contributed by atoms with E-state index < -0.39 is 18.0 Å². The van der Waals surface area contributed by atoms with Crippen molar-refractivity contribution >= 4 is 34.9 Å². The number of aromatic nitrogens is 3. The summed E-state index contributed by atoms with van der Waals surface area (Å²) < 4.78 is 5.77. The maximum atomic E-state index is 14.1. The zero-order valence-corrected chi connectivity index (χ0v) is 30.3. The van der Waals surface area contributed by atoms with Crippen molar-refractivity contribution in [3.8, 4) is 0 Å². The Kier molecular flexibility index (Phi) is 14.8. The highest BCUT2D eigenvalue weighted by atomic mass is 32.1. The average molecular weight is 678 g/mol. The van der Waals surface area contributed by atoms with Gasteiger partial charge in [-0.05, 0) is 42.2 Å². The molecule has 3 rings (SSSR count). The monoisotopic (exact) mass is 677 g/mol. The molecule has 2 aromatic heterocycles. The van der Waals surface area contributed by atoms with Crippen LogP contribution < -0.4 is 5.32 Å². The standard InChI is InChI=1S/C37H51N5O5S/c1-9-25(6)29(20-32(44)34-38-16-13-17-39-34)37(46)42(8)31(24(4)5)21-33(47-26(7)43)36-41-30(22-48-36)35(45)40-28(18-23(2)3)19-27-14-11-10-12-15-27/h10-17,22-25,28-29,31,33H,9,18-21H2,1-8H3,(H,40,45)/t25-,28+,29-,31+,33+/m0/s1. The number of carbonyl (C=O) groups is 4. The number of hydrogen-bond donors (Lipinski definition) is 1. The Labute approximate surface area is 289 Å². The van der Waals surface area contributed by atoms with Crippen LogP contribution in [0.15, 0.2) is 54.2 Å². The molecule has 0 bridgehead atoms. The summed E-state index contributed by atoms with van der Waals surface area (Å²) in [5, 5.41) is 5.33. The summed E-state index contributed by atoms with van der Waals surface area (Å²) in [6.45, 7) is 13.6. The van der Waals surface area contributed by atoms with Gasteiger partial charge in [-0.2, -0.15) is 0 Å². The van der Waals surface area contributed by atoms with Crippen molar-refractivity contribution in [1.82, 2.24) is 25.2 Å². The zero-order valence-electron chi connectivity index (χ0n) is 29.5. The molecule has 10 nitrogen and oxygen atoms in total. The second-order valence-corrected chi connectivity index (χ2v) is 14.2. The molecule has 1 aromatic carbocycles. The molecule has 0 aliphatic carbocycles. The van der Waals surface area contributed by atoms with E-state index in [-0.39, 0.29) is 65.9 Å². The molecule has 1 N–H and O–H groups in total. The summed E-state index contributed by atoms with van der Waals surface area (Å²) in [4.78, 5) is 67.3. The third kappa shape index (κ3) is 11.3. The first-order valence-corrected chi connectivity index (χ1v) is 17.7. The third-order valence-corrected chi connectivity index (χ3v) is 9.63. The first kappa shape index (κ1) is 38.5. The fourth-order valence-electron chi connectivity index (χ4n) is 5.93. The van der Waals surface area contributed by atoms with Crippen LogP contribution in [-0.2, 0) is 20.7 Å². The number of carbonyl (C=O) groups excluding carboxylic acids is 4. The zero-order chi connectivity index (χ0) is 35.4. The van der Waals surface area contributed by atoms with Crippen LogP contribution in [0, 0.1) is 23.7 Å². The first-order valence-electron chi connectivity index (χ1n) is 16.8. The van der Waals surface area contributed by atoms with E-state index >= 15 is 0 Å². The summed E-state index contributed by atoms with van der Waals surface area (Å²) >= 11 is 1.26. The van der Waals surface area contributed by atoms with Crippen LogP contribution in [0.25, 0.3) is 0 Å². The van der Waals surface area contributed by atoms with Gasteiger partial charge in [-0.25, -0.2) is 15.0 Å². The summed E-state index contributed by atoms with van der Waals surface area (Å²) in [5.41, 5.74) is 1.40. The molecule has 0 aliphatic rings. The number of nitrogens with zero attached hydrogens (tertiary/aromatic N) is 4. The van der Waals surface area contributed by atoms with Crippen molar-refractivity contribution in [2.24, 2.45) is 23.7 Å². The Bertz CT molecular complexity index is 1480. The molecule has 0 radical (unpaired) electrons. The molecule has 3 aromatic rings. The SMILES string of the molecule is CC[C@H](C)[C@H](CC(=O)c1ncccn1)C(=O)N(C)[C@H](C[C@@H](OC(C)=O)c1nc(C(=O)N[C@@H](Cc2ccccc2)CC(C)C)cs1)C(C)C. The lowest BCUT2D eigenvalue weighted by molar-refractivity contribution is -0.149. The molecule has 11 heteroatoms. The minimum Gasteiger partial charge on any atom is -0.455 e. The van der Waals surface area contributed by atoms with Crippen molar-refractivity contribution < 1.29 is 23.9 Å². The number of benzene rings is 1. The van der Waals surface area contributed by atoms with Crippen molar-refractivity contribution in [3.05, 3.63) is 76.3 Å². The largest absolute Gasteiger partial charge is 0.455 e. The van der Waals surface area contributed by atoms with Gasteiger partial charge in [-0.15, -0.1) is 11.3 Å². The van der Waals surface area contributed by atoms with E-state index in [9.17, 15) is 19.2 Å². The highest BCUT2D eigenvalue weighted by Gasteiger charge is 2.36. The Balaban J connectivity index is 1.80. The molecule has 0 fully saturated rings. The average Bonchev–Trinajstić information content (AvgIpc) is 3.55. The van der Waals surface area contributed by atoms with Gasteiger partial charge in [0, 0.05) is 62.6 Å². The Morgan fingerprint density at radius 2 is 1.62 bits per heavy atom. The Hall–Kier alpha value is -3.99. The number of nitrogens with one attached hydrogen (secondary N) is 1. The van der Waals surface area contributed by atoms with Crippen molar-refractivity contribution in [2.45, 2.75) is 98.8 Å². The lowest BCUT2D eigenvalue weighted by atomic mass is 9.85. The van der Waals surface area contributed by atoms with Crippen LogP contribution in [-0.4, -0.2) is 62.6 Å². The summed E-state index contributed by atoms with van der Waals surface area (Å²) in [6, 6.07) is 11.3. The first-order chi connectivity index (χ1) is 22.8. The smallest absolute Gasteiger partial charge is 0.303 e. The normalized spacial score (nSPS) is 14.5. The Morgan fingerprint density at radius 3 is 2.21 bits per heavy atom. The molecule has 5 atom stereocenters. The lowest BCUT2D eigenvalue weighted by Gasteiger charge is -2.36. The number of Topliss-reactive ketones (excluding diaryl/α,β-unsaturated/α-hetero) is 1. The molecule has 2 amide bonds. The van der Waals surface area contributed by atoms with Gasteiger partial charge in [-0.3, -0.25) is 19.2 Å². The van der Waals surface area contributed by atoms with E-state index in [0.717, 1.165) is 12.0 Å². The summed E-state index contributed by atoms with van der Waals surface area (Å²) in [6.07, 6.45) is 4.75. The van der Waals surface area contributed by atoms with Gasteiger partial charge in [0.15, 0.2) is 11.9 Å². The number of esters is 1. The van der Waals surface area contributed by atoms with Crippen LogP contribution in [0.2, 0.25) is 0 Å². The molecule has 0 saturated carbocycles. The molecular formula is C37H51N5O5S. The molecule has 0 unspecified atom stereocenters. The van der Waals surface area contributed by atoms with Gasteiger partial charge in [0.25, 0.3) is 5.91 Å². The number of rotatable bonds is 18. The van der Waals surface area contributed by atoms with Crippen molar-refractivity contribution in [1.29, 1.82) is 0 Å². The molecule has 0 aliphatic heterocycles. The maximum Gasteiger partial charge on any atom is 0.303 e. The second kappa shape index (κ2) is 18.5. The van der Waals surface area contributed by atoms with Gasteiger partial charge in [0.1, 0.15) is 10.7 Å². The van der Waals surface area contributed by atoms with E-state index in [0.29, 0.717) is 23.8 Å². The van der Waals surface area contributed by atoms with Crippen LogP contribution >= 0.6 is 11.3 Å². The number of thiazole rings is 1. The summed E-state index contributed by atoms with van der Waals surface area (Å²) in [7, 11) is 1.74. The molecular weight excluding hydrogens is 627 g/mol. The molecule has 48 heavy (non-hydrogen) atoms. The quantitative estimate of drug-likeness (QED) is 0.116. The molecule has 0 saturated heterocycles. The predicted octanol–water partition coefficient (Wildman–Crippen LogP) is 6.73. The number of amides is 2. The maximum absolute atomic E-state index is 14.1. The minimum atomic E-state index is -0.770. The predicted molar refractivity (Wildman–Crippen MR) is 187 cm³/mol. The number of hydrogen-bond acceptors (Lipinski definition) is 9. The van der Waals surface area contributed by atoms with Gasteiger partial charge >= 0.3 is 5.97 Å². The lowest BCUT2D eigenvalue weighted by Crippen LogP contribution is -2.46. The molecule has 0 spiro atoms. The van der Waals surface area contributed by atoms with E-state index in [1.54, 1.807) is 23.4 Å². The highest BCUT2D eigenvalue weighted by Crippen LogP contribution is 2.32. The third-order valence-electron chi connectivity index (χ3n) is 8.69. The van der Waals surface area contributed by atoms with Crippen molar-refractivity contribution in [2.75, 3.05) is 7.05 Å². The van der Waals surface area contributed by atoms with Crippen LogP contribution in [0.4, 0.5) is 0 Å². The van der Waals surface area contributed by atoms with E-state index in [1.807, 2.05) is 45.9 Å². The van der Waals surface area contributed by atoms with Gasteiger partial charge in [-0.1, -0.05) is 78.3 Å². The fourth-order valence-corrected chi connectivity index (χ4v) is 6.77. The van der Waals surface area contributed by atoms with E-state index in [4.69, 9.17) is 4.74 Å². The van der Waals surface area contributed by atoms with Crippen molar-refractivity contribution in [3.63, 3.8) is 0 Å². The molecule has 2 heterocycles. The van der Waals surface area contributed by atoms with Crippen LogP contribution in [0.3, 0.4) is 0 Å².